The highest BCUT2D eigenvalue weighted by atomic mass is 32.2. The van der Waals surface area contributed by atoms with E-state index in [2.05, 4.69) is 15.2 Å². The van der Waals surface area contributed by atoms with E-state index in [4.69, 9.17) is 0 Å². The maximum atomic E-state index is 13.6. The van der Waals surface area contributed by atoms with Crippen LogP contribution in [-0.2, 0) is 0 Å². The van der Waals surface area contributed by atoms with E-state index in [1.54, 1.807) is 12.1 Å². The van der Waals surface area contributed by atoms with Gasteiger partial charge in [0.25, 0.3) is 0 Å². The number of aromatic amines is 1. The number of halogens is 1. The molecule has 166 valence electrons. The first kappa shape index (κ1) is 22.2. The molecule has 6 nitrogen and oxygen atoms in total. The van der Waals surface area contributed by atoms with Crippen LogP contribution in [-0.4, -0.2) is 49.8 Å². The zero-order valence-electron chi connectivity index (χ0n) is 18.8. The number of hydrogen-bond donors (Lipinski definition) is 1. The molecule has 0 aliphatic rings. The Labute approximate surface area is 190 Å². The minimum Gasteiger partial charge on any atom is -0.358 e. The summed E-state index contributed by atoms with van der Waals surface area (Å²) >= 11 is 1.36. The van der Waals surface area contributed by atoms with Crippen LogP contribution in [0.5, 0.6) is 0 Å². The van der Waals surface area contributed by atoms with Crippen LogP contribution in [0.1, 0.15) is 41.8 Å². The first-order valence-corrected chi connectivity index (χ1v) is 11.3. The second-order valence-electron chi connectivity index (χ2n) is 8.09. The van der Waals surface area contributed by atoms with Crippen molar-refractivity contribution in [2.24, 2.45) is 0 Å². The molecule has 32 heavy (non-hydrogen) atoms. The van der Waals surface area contributed by atoms with Gasteiger partial charge < -0.3 is 4.98 Å². The number of Topliss-reactive ketones (excluding diaryl/α,β-unsaturated/α-hetero) is 1. The molecule has 0 spiro atoms. The van der Waals surface area contributed by atoms with Crippen LogP contribution in [0.3, 0.4) is 0 Å². The smallest absolute Gasteiger partial charge is 0.196 e. The van der Waals surface area contributed by atoms with Crippen molar-refractivity contribution in [3.05, 3.63) is 71.4 Å². The molecule has 2 heterocycles. The van der Waals surface area contributed by atoms with E-state index in [1.165, 1.54) is 23.9 Å². The molecule has 4 aromatic rings. The summed E-state index contributed by atoms with van der Waals surface area (Å²) in [6, 6.07) is 14.0. The first-order valence-electron chi connectivity index (χ1n) is 10.4. The summed E-state index contributed by atoms with van der Waals surface area (Å²) in [5.74, 6) is 0.449. The normalized spacial score (nSPS) is 13.6. The van der Waals surface area contributed by atoms with E-state index in [1.807, 2.05) is 68.6 Å². The van der Waals surface area contributed by atoms with E-state index in [0.717, 1.165) is 28.1 Å². The number of rotatable bonds is 7. The highest BCUT2D eigenvalue weighted by Crippen LogP contribution is 2.32. The van der Waals surface area contributed by atoms with Gasteiger partial charge in [-0.2, -0.15) is 0 Å². The first-order chi connectivity index (χ1) is 15.3. The van der Waals surface area contributed by atoms with Crippen LogP contribution >= 0.6 is 11.8 Å². The topological polar surface area (TPSA) is 66.8 Å². The van der Waals surface area contributed by atoms with Gasteiger partial charge in [-0.05, 0) is 65.2 Å². The summed E-state index contributed by atoms with van der Waals surface area (Å²) in [5, 5.41) is 9.95. The van der Waals surface area contributed by atoms with E-state index in [-0.39, 0.29) is 22.9 Å². The molecule has 2 aromatic heterocycles. The molecular weight excluding hydrogens is 425 g/mol. The molecule has 1 N–H and O–H groups in total. The summed E-state index contributed by atoms with van der Waals surface area (Å²) in [6.07, 6.45) is 0. The summed E-state index contributed by atoms with van der Waals surface area (Å²) in [6.45, 7) is 5.83. The van der Waals surface area contributed by atoms with Crippen LogP contribution in [0.4, 0.5) is 4.39 Å². The fraction of sp³-hybridized carbons (Fsp3) is 0.292. The number of carbonyl (C=O) groups excluding carboxylic acids is 1. The number of para-hydroxylation sites is 1. The molecule has 2 aromatic carbocycles. The molecule has 0 bridgehead atoms. The maximum Gasteiger partial charge on any atom is 0.196 e. The van der Waals surface area contributed by atoms with Gasteiger partial charge in [0.1, 0.15) is 5.82 Å². The molecule has 2 atom stereocenters. The van der Waals surface area contributed by atoms with Crippen molar-refractivity contribution in [2.45, 2.75) is 37.2 Å². The summed E-state index contributed by atoms with van der Waals surface area (Å²) in [5.41, 5.74) is 3.26. The van der Waals surface area contributed by atoms with Gasteiger partial charge in [0, 0.05) is 27.8 Å². The SMILES string of the molecule is Cc1[nH]c2ccccc2c1C(=O)[C@@H](C)Sc1nnc([C@H](C)N(C)C)n1-c1ccc(F)cc1. The molecule has 4 rings (SSSR count). The number of nitrogens with one attached hydrogen (secondary N) is 1. The summed E-state index contributed by atoms with van der Waals surface area (Å²) in [4.78, 5) is 18.8. The third kappa shape index (κ3) is 4.08. The van der Waals surface area contributed by atoms with Gasteiger partial charge in [0.15, 0.2) is 16.8 Å². The van der Waals surface area contributed by atoms with Crippen molar-refractivity contribution < 1.29 is 9.18 Å². The lowest BCUT2D eigenvalue weighted by Crippen LogP contribution is -2.21. The van der Waals surface area contributed by atoms with Crippen molar-refractivity contribution in [1.29, 1.82) is 0 Å². The molecule has 0 aliphatic heterocycles. The summed E-state index contributed by atoms with van der Waals surface area (Å²) in [7, 11) is 3.93. The quantitative estimate of drug-likeness (QED) is 0.310. The van der Waals surface area contributed by atoms with Gasteiger partial charge in [-0.1, -0.05) is 30.0 Å². The van der Waals surface area contributed by atoms with Crippen molar-refractivity contribution in [3.63, 3.8) is 0 Å². The second kappa shape index (κ2) is 8.88. The fourth-order valence-electron chi connectivity index (χ4n) is 3.70. The average Bonchev–Trinajstić information content (AvgIpc) is 3.33. The third-order valence-corrected chi connectivity index (χ3v) is 6.73. The Morgan fingerprint density at radius 2 is 1.78 bits per heavy atom. The molecular formula is C24H26FN5OS. The number of aromatic nitrogens is 4. The molecule has 0 unspecified atom stereocenters. The van der Waals surface area contributed by atoms with Crippen LogP contribution in [0.25, 0.3) is 16.6 Å². The minimum absolute atomic E-state index is 0.0243. The van der Waals surface area contributed by atoms with Gasteiger partial charge in [-0.25, -0.2) is 4.39 Å². The monoisotopic (exact) mass is 451 g/mol. The van der Waals surface area contributed by atoms with Crippen molar-refractivity contribution in [1.82, 2.24) is 24.6 Å². The fourth-order valence-corrected chi connectivity index (χ4v) is 4.63. The zero-order chi connectivity index (χ0) is 23.0. The van der Waals surface area contributed by atoms with Gasteiger partial charge in [-0.15, -0.1) is 10.2 Å². The largest absolute Gasteiger partial charge is 0.358 e. The van der Waals surface area contributed by atoms with Gasteiger partial charge in [0.2, 0.25) is 0 Å². The molecule has 0 radical (unpaired) electrons. The van der Waals surface area contributed by atoms with E-state index in [9.17, 15) is 9.18 Å². The number of hydrogen-bond acceptors (Lipinski definition) is 5. The Morgan fingerprint density at radius 3 is 2.47 bits per heavy atom. The predicted octanol–water partition coefficient (Wildman–Crippen LogP) is 5.18. The lowest BCUT2D eigenvalue weighted by atomic mass is 10.1. The minimum atomic E-state index is -0.390. The number of thioether (sulfide) groups is 1. The Bertz CT molecular complexity index is 1260. The van der Waals surface area contributed by atoms with Gasteiger partial charge in [-0.3, -0.25) is 14.3 Å². The van der Waals surface area contributed by atoms with Crippen LogP contribution in [0, 0.1) is 12.7 Å². The van der Waals surface area contributed by atoms with Crippen molar-refractivity contribution >= 4 is 28.4 Å². The van der Waals surface area contributed by atoms with Crippen LogP contribution in [0.2, 0.25) is 0 Å². The molecule has 0 aliphatic carbocycles. The zero-order valence-corrected chi connectivity index (χ0v) is 19.6. The maximum absolute atomic E-state index is 13.6. The van der Waals surface area contributed by atoms with Crippen LogP contribution in [0.15, 0.2) is 53.7 Å². The highest BCUT2D eigenvalue weighted by Gasteiger charge is 2.27. The number of aryl methyl sites for hydroxylation is 1. The Kier molecular flexibility index (Phi) is 6.17. The Hall–Kier alpha value is -2.97. The van der Waals surface area contributed by atoms with Crippen molar-refractivity contribution in [2.75, 3.05) is 14.1 Å². The Morgan fingerprint density at radius 1 is 1.09 bits per heavy atom. The van der Waals surface area contributed by atoms with E-state index >= 15 is 0 Å². The third-order valence-electron chi connectivity index (χ3n) is 5.68. The number of fused-ring (bicyclic) bond motifs is 1. The number of benzene rings is 2. The average molecular weight is 452 g/mol. The molecule has 8 heteroatoms. The molecule has 0 saturated carbocycles. The van der Waals surface area contributed by atoms with Crippen molar-refractivity contribution in [3.8, 4) is 5.69 Å². The molecule has 0 saturated heterocycles. The number of ketones is 1. The number of carbonyl (C=O) groups is 1. The standard InChI is InChI=1S/C24H26FN5OS/c1-14-21(19-8-6-7-9-20(19)26-14)22(31)16(3)32-24-28-27-23(15(2)29(4)5)30(24)18-12-10-17(25)11-13-18/h6-13,15-16,26H,1-5H3/t15-,16+/m0/s1. The Balaban J connectivity index is 1.71. The lowest BCUT2D eigenvalue weighted by Gasteiger charge is -2.21. The lowest BCUT2D eigenvalue weighted by molar-refractivity contribution is 0.0995. The second-order valence-corrected chi connectivity index (χ2v) is 9.40. The van der Waals surface area contributed by atoms with Gasteiger partial charge >= 0.3 is 0 Å². The van der Waals surface area contributed by atoms with E-state index in [0.29, 0.717) is 10.7 Å². The highest BCUT2D eigenvalue weighted by molar-refractivity contribution is 8.00. The number of nitrogens with zero attached hydrogens (tertiary/aromatic N) is 4. The van der Waals surface area contributed by atoms with Crippen LogP contribution < -0.4 is 0 Å². The van der Waals surface area contributed by atoms with E-state index < -0.39 is 0 Å². The molecule has 0 amide bonds. The number of H-pyrrole nitrogens is 1. The predicted molar refractivity (Wildman–Crippen MR) is 126 cm³/mol. The summed E-state index contributed by atoms with van der Waals surface area (Å²) < 4.78 is 15.5. The van der Waals surface area contributed by atoms with Gasteiger partial charge in [0.05, 0.1) is 11.3 Å². The molecule has 0 fully saturated rings.